The van der Waals surface area contributed by atoms with E-state index in [-0.39, 0.29) is 23.5 Å². The minimum absolute atomic E-state index is 0.0259. The van der Waals surface area contributed by atoms with E-state index in [1.165, 1.54) is 35.5 Å². The lowest BCUT2D eigenvalue weighted by Gasteiger charge is -2.26. The number of hydrogen-bond donors (Lipinski definition) is 1. The number of benzene rings is 1. The third kappa shape index (κ3) is 2.56. The lowest BCUT2D eigenvalue weighted by molar-refractivity contribution is -0.118. The zero-order valence-electron chi connectivity index (χ0n) is 12.9. The Balaban J connectivity index is 2.18. The second-order valence-corrected chi connectivity index (χ2v) is 5.38. The van der Waals surface area contributed by atoms with Crippen molar-refractivity contribution >= 4 is 17.4 Å². The molecule has 2 heterocycles. The van der Waals surface area contributed by atoms with Crippen LogP contribution < -0.4 is 4.90 Å². The minimum atomic E-state index is -0.810. The van der Waals surface area contributed by atoms with Crippen molar-refractivity contribution in [1.29, 1.82) is 0 Å². The number of carbonyl (C=O) groups is 2. The van der Waals surface area contributed by atoms with Gasteiger partial charge in [-0.15, -0.1) is 0 Å². The number of Topliss-reactive ketones (excluding diaryl/α,β-unsaturated/α-hetero) is 1. The highest BCUT2D eigenvalue weighted by Crippen LogP contribution is 2.41. The maximum Gasteiger partial charge on any atom is 0.294 e. The Hall–Kier alpha value is -3.02. The first kappa shape index (κ1) is 15.9. The zero-order chi connectivity index (χ0) is 17.3. The van der Waals surface area contributed by atoms with Crippen LogP contribution in [-0.4, -0.2) is 21.8 Å². The smallest absolute Gasteiger partial charge is 0.294 e. The van der Waals surface area contributed by atoms with Gasteiger partial charge in [-0.3, -0.25) is 19.5 Å². The second kappa shape index (κ2) is 6.23. The van der Waals surface area contributed by atoms with Gasteiger partial charge in [0.05, 0.1) is 11.6 Å². The van der Waals surface area contributed by atoms with Crippen molar-refractivity contribution in [1.82, 2.24) is 4.98 Å². The number of anilines is 1. The molecule has 3 rings (SSSR count). The van der Waals surface area contributed by atoms with Crippen LogP contribution in [0.1, 0.15) is 24.9 Å². The summed E-state index contributed by atoms with van der Waals surface area (Å²) in [6.45, 7) is 1.65. The maximum absolute atomic E-state index is 13.6. The van der Waals surface area contributed by atoms with Crippen molar-refractivity contribution in [3.63, 3.8) is 0 Å². The van der Waals surface area contributed by atoms with E-state index >= 15 is 0 Å². The van der Waals surface area contributed by atoms with E-state index in [4.69, 9.17) is 0 Å². The van der Waals surface area contributed by atoms with Gasteiger partial charge in [-0.2, -0.15) is 0 Å². The molecule has 1 N–H and O–H groups in total. The predicted octanol–water partition coefficient (Wildman–Crippen LogP) is 3.10. The highest BCUT2D eigenvalue weighted by atomic mass is 19.1. The number of nitrogens with zero attached hydrogens (tertiary/aromatic N) is 2. The van der Waals surface area contributed by atoms with E-state index in [1.807, 2.05) is 0 Å². The van der Waals surface area contributed by atoms with Gasteiger partial charge in [-0.25, -0.2) is 4.39 Å². The van der Waals surface area contributed by atoms with Crippen LogP contribution in [0.4, 0.5) is 10.1 Å². The standard InChI is InChI=1S/C18H15FN2O3/c1-2-14(22)15-16(11-6-8-20-9-7-11)21(18(24)17(15)23)13-5-3-4-12(19)10-13/h3-10,16,23H,2H2,1H3. The highest BCUT2D eigenvalue weighted by molar-refractivity contribution is 6.16. The normalized spacial score (nSPS) is 17.5. The largest absolute Gasteiger partial charge is 0.503 e. The molecule has 0 bridgehead atoms. The Bertz CT molecular complexity index is 833. The summed E-state index contributed by atoms with van der Waals surface area (Å²) < 4.78 is 13.6. The number of rotatable bonds is 4. The lowest BCUT2D eigenvalue weighted by Crippen LogP contribution is -2.31. The minimum Gasteiger partial charge on any atom is -0.503 e. The zero-order valence-corrected chi connectivity index (χ0v) is 12.9. The molecule has 0 spiro atoms. The first-order chi connectivity index (χ1) is 11.5. The van der Waals surface area contributed by atoms with Crippen LogP contribution in [0.2, 0.25) is 0 Å². The number of ketones is 1. The summed E-state index contributed by atoms with van der Waals surface area (Å²) in [4.78, 5) is 30.0. The Labute approximate surface area is 138 Å². The van der Waals surface area contributed by atoms with E-state index in [0.29, 0.717) is 5.56 Å². The van der Waals surface area contributed by atoms with Gasteiger partial charge in [0.1, 0.15) is 5.82 Å². The molecule has 24 heavy (non-hydrogen) atoms. The molecule has 1 amide bonds. The SMILES string of the molecule is CCC(=O)C1=C(O)C(=O)N(c2cccc(F)c2)C1c1ccncc1. The van der Waals surface area contributed by atoms with Gasteiger partial charge in [-0.05, 0) is 35.9 Å². The molecule has 2 aromatic rings. The average molecular weight is 326 g/mol. The number of aromatic nitrogens is 1. The number of halogens is 1. The summed E-state index contributed by atoms with van der Waals surface area (Å²) in [5.74, 6) is -2.16. The fourth-order valence-electron chi connectivity index (χ4n) is 2.83. The number of aliphatic hydroxyl groups excluding tert-OH is 1. The number of pyridine rings is 1. The first-order valence-corrected chi connectivity index (χ1v) is 7.50. The molecule has 1 aromatic carbocycles. The topological polar surface area (TPSA) is 70.5 Å². The molecule has 1 aliphatic rings. The molecule has 0 saturated heterocycles. The third-order valence-electron chi connectivity index (χ3n) is 3.94. The molecule has 0 radical (unpaired) electrons. The van der Waals surface area contributed by atoms with Crippen molar-refractivity contribution < 1.29 is 19.1 Å². The molecular weight excluding hydrogens is 311 g/mol. The monoisotopic (exact) mass is 326 g/mol. The Morgan fingerprint density at radius 1 is 1.29 bits per heavy atom. The molecule has 1 aromatic heterocycles. The van der Waals surface area contributed by atoms with Crippen LogP contribution in [0.3, 0.4) is 0 Å². The molecule has 1 aliphatic heterocycles. The van der Waals surface area contributed by atoms with Crippen molar-refractivity contribution in [2.24, 2.45) is 0 Å². The van der Waals surface area contributed by atoms with Gasteiger partial charge in [0.15, 0.2) is 11.5 Å². The van der Waals surface area contributed by atoms with Crippen LogP contribution in [-0.2, 0) is 9.59 Å². The van der Waals surface area contributed by atoms with Crippen LogP contribution in [0.15, 0.2) is 60.1 Å². The van der Waals surface area contributed by atoms with E-state index in [9.17, 15) is 19.1 Å². The number of hydrogen-bond acceptors (Lipinski definition) is 4. The van der Waals surface area contributed by atoms with Gasteiger partial charge in [0, 0.05) is 24.5 Å². The molecule has 0 saturated carbocycles. The summed E-state index contributed by atoms with van der Waals surface area (Å²) in [5.41, 5.74) is 0.911. The summed E-state index contributed by atoms with van der Waals surface area (Å²) in [5, 5.41) is 10.2. The van der Waals surface area contributed by atoms with E-state index < -0.39 is 23.5 Å². The molecule has 1 atom stereocenters. The van der Waals surface area contributed by atoms with Crippen LogP contribution in [0, 0.1) is 5.82 Å². The summed E-state index contributed by atoms with van der Waals surface area (Å²) >= 11 is 0. The van der Waals surface area contributed by atoms with Crippen LogP contribution in [0.5, 0.6) is 0 Å². The van der Waals surface area contributed by atoms with Gasteiger partial charge in [-0.1, -0.05) is 13.0 Å². The molecule has 6 heteroatoms. The number of amides is 1. The van der Waals surface area contributed by atoms with E-state index in [2.05, 4.69) is 4.98 Å². The van der Waals surface area contributed by atoms with Crippen LogP contribution >= 0.6 is 0 Å². The Morgan fingerprint density at radius 2 is 2.00 bits per heavy atom. The van der Waals surface area contributed by atoms with Gasteiger partial charge >= 0.3 is 0 Å². The third-order valence-corrected chi connectivity index (χ3v) is 3.94. The molecule has 122 valence electrons. The average Bonchev–Trinajstić information content (AvgIpc) is 2.86. The second-order valence-electron chi connectivity index (χ2n) is 5.38. The lowest BCUT2D eigenvalue weighted by atomic mass is 9.95. The number of carbonyl (C=O) groups excluding carboxylic acids is 2. The van der Waals surface area contributed by atoms with Crippen LogP contribution in [0.25, 0.3) is 0 Å². The van der Waals surface area contributed by atoms with Gasteiger partial charge in [0.25, 0.3) is 5.91 Å². The van der Waals surface area contributed by atoms with E-state index in [1.54, 1.807) is 25.1 Å². The van der Waals surface area contributed by atoms with E-state index in [0.717, 1.165) is 0 Å². The highest BCUT2D eigenvalue weighted by Gasteiger charge is 2.43. The molecular formula is C18H15FN2O3. The maximum atomic E-state index is 13.6. The van der Waals surface area contributed by atoms with Crippen molar-refractivity contribution in [2.45, 2.75) is 19.4 Å². The Kier molecular flexibility index (Phi) is 4.12. The van der Waals surface area contributed by atoms with Gasteiger partial charge < -0.3 is 5.11 Å². The van der Waals surface area contributed by atoms with Crippen molar-refractivity contribution in [2.75, 3.05) is 4.90 Å². The molecule has 0 fully saturated rings. The quantitative estimate of drug-likeness (QED) is 0.937. The molecule has 5 nitrogen and oxygen atoms in total. The van der Waals surface area contributed by atoms with Crippen molar-refractivity contribution in [3.05, 3.63) is 71.5 Å². The predicted molar refractivity (Wildman–Crippen MR) is 85.8 cm³/mol. The van der Waals surface area contributed by atoms with Crippen molar-refractivity contribution in [3.8, 4) is 0 Å². The number of aliphatic hydroxyl groups is 1. The molecule has 0 aliphatic carbocycles. The fraction of sp³-hybridized carbons (Fsp3) is 0.167. The summed E-state index contributed by atoms with van der Waals surface area (Å²) in [7, 11) is 0. The van der Waals surface area contributed by atoms with Gasteiger partial charge in [0.2, 0.25) is 0 Å². The fourth-order valence-corrected chi connectivity index (χ4v) is 2.83. The summed E-state index contributed by atoms with van der Waals surface area (Å²) in [6.07, 6.45) is 3.21. The summed E-state index contributed by atoms with van der Waals surface area (Å²) in [6, 6.07) is 7.99. The first-order valence-electron chi connectivity index (χ1n) is 7.50. The Morgan fingerprint density at radius 3 is 2.62 bits per heavy atom. The molecule has 1 unspecified atom stereocenters.